The van der Waals surface area contributed by atoms with Gasteiger partial charge in [0.2, 0.25) is 5.91 Å². The number of likely N-dealkylation sites (tertiary alicyclic amines) is 1. The molecule has 1 aromatic rings. The van der Waals surface area contributed by atoms with Crippen molar-refractivity contribution in [2.45, 2.75) is 44.7 Å². The van der Waals surface area contributed by atoms with E-state index in [9.17, 15) is 4.79 Å². The lowest BCUT2D eigenvalue weighted by atomic mass is 9.91. The molecule has 1 amide bonds. The zero-order chi connectivity index (χ0) is 15.5. The van der Waals surface area contributed by atoms with Crippen molar-refractivity contribution in [1.82, 2.24) is 10.2 Å². The summed E-state index contributed by atoms with van der Waals surface area (Å²) in [6.07, 6.45) is 4.07. The number of carbonyl (C=O) groups is 1. The smallest absolute Gasteiger partial charge is 0.226 e. The summed E-state index contributed by atoms with van der Waals surface area (Å²) < 4.78 is 5.33. The first-order chi connectivity index (χ1) is 10.7. The van der Waals surface area contributed by atoms with Crippen LogP contribution in [0, 0.1) is 5.92 Å². The second-order valence-corrected chi connectivity index (χ2v) is 6.54. The third-order valence-electron chi connectivity index (χ3n) is 4.99. The molecule has 120 valence electrons. The van der Waals surface area contributed by atoms with E-state index in [2.05, 4.69) is 29.3 Å². The maximum absolute atomic E-state index is 13.0. The molecule has 3 atom stereocenters. The van der Waals surface area contributed by atoms with Crippen LogP contribution in [0.5, 0.6) is 5.75 Å². The largest absolute Gasteiger partial charge is 0.497 e. The van der Waals surface area contributed by atoms with Gasteiger partial charge in [-0.3, -0.25) is 4.79 Å². The van der Waals surface area contributed by atoms with Crippen molar-refractivity contribution in [2.24, 2.45) is 5.92 Å². The van der Waals surface area contributed by atoms with Crippen molar-refractivity contribution >= 4 is 5.91 Å². The molecule has 1 aromatic carbocycles. The van der Waals surface area contributed by atoms with Crippen molar-refractivity contribution in [2.75, 3.05) is 20.2 Å². The van der Waals surface area contributed by atoms with Gasteiger partial charge in [0.25, 0.3) is 0 Å². The van der Waals surface area contributed by atoms with Gasteiger partial charge >= 0.3 is 0 Å². The van der Waals surface area contributed by atoms with Gasteiger partial charge in [0.15, 0.2) is 0 Å². The summed E-state index contributed by atoms with van der Waals surface area (Å²) >= 11 is 0. The van der Waals surface area contributed by atoms with Gasteiger partial charge in [-0.25, -0.2) is 0 Å². The summed E-state index contributed by atoms with van der Waals surface area (Å²) in [7, 11) is 1.69. The van der Waals surface area contributed by atoms with Crippen LogP contribution in [0.2, 0.25) is 0 Å². The van der Waals surface area contributed by atoms with E-state index in [1.165, 1.54) is 5.56 Å². The SMILES string of the molecule is COc1cccc(C2CCCN2C(=O)[C@H]2CCN[C@@H](C)C2)c1. The summed E-state index contributed by atoms with van der Waals surface area (Å²) in [6.45, 7) is 4.01. The van der Waals surface area contributed by atoms with E-state index >= 15 is 0 Å². The molecule has 1 N–H and O–H groups in total. The zero-order valence-electron chi connectivity index (χ0n) is 13.5. The Morgan fingerprint density at radius 3 is 3.00 bits per heavy atom. The van der Waals surface area contributed by atoms with Crippen molar-refractivity contribution in [1.29, 1.82) is 0 Å². The van der Waals surface area contributed by atoms with Crippen LogP contribution in [0.1, 0.15) is 44.2 Å². The zero-order valence-corrected chi connectivity index (χ0v) is 13.5. The first-order valence-electron chi connectivity index (χ1n) is 8.37. The maximum Gasteiger partial charge on any atom is 0.226 e. The lowest BCUT2D eigenvalue weighted by molar-refractivity contribution is -0.137. The fraction of sp³-hybridized carbons (Fsp3) is 0.611. The number of ether oxygens (including phenoxy) is 1. The minimum absolute atomic E-state index is 0.183. The van der Waals surface area contributed by atoms with E-state index in [-0.39, 0.29) is 12.0 Å². The third-order valence-corrected chi connectivity index (χ3v) is 4.99. The van der Waals surface area contributed by atoms with E-state index in [1.54, 1.807) is 7.11 Å². The highest BCUT2D eigenvalue weighted by atomic mass is 16.5. The molecule has 0 aliphatic carbocycles. The standard InChI is InChI=1S/C18H26N2O2/c1-13-11-15(8-9-19-13)18(21)20-10-4-7-17(20)14-5-3-6-16(12-14)22-2/h3,5-6,12-13,15,17,19H,4,7-11H2,1-2H3/t13-,15-,17?/m0/s1. The molecule has 0 radical (unpaired) electrons. The molecule has 4 nitrogen and oxygen atoms in total. The normalized spacial score (nSPS) is 28.6. The minimum Gasteiger partial charge on any atom is -0.497 e. The van der Waals surface area contributed by atoms with Crippen LogP contribution in [-0.2, 0) is 4.79 Å². The number of hydrogen-bond acceptors (Lipinski definition) is 3. The lowest BCUT2D eigenvalue weighted by Gasteiger charge is -2.33. The molecule has 0 aromatic heterocycles. The molecule has 2 heterocycles. The van der Waals surface area contributed by atoms with Crippen molar-refractivity contribution in [3.63, 3.8) is 0 Å². The minimum atomic E-state index is 0.183. The quantitative estimate of drug-likeness (QED) is 0.933. The number of benzene rings is 1. The summed E-state index contributed by atoms with van der Waals surface area (Å²) in [5, 5.41) is 3.43. The third kappa shape index (κ3) is 3.12. The van der Waals surface area contributed by atoms with Gasteiger partial charge in [0, 0.05) is 18.5 Å². The Labute approximate surface area is 132 Å². The van der Waals surface area contributed by atoms with Crippen LogP contribution in [-0.4, -0.2) is 37.0 Å². The number of methoxy groups -OCH3 is 1. The molecule has 2 aliphatic rings. The molecule has 22 heavy (non-hydrogen) atoms. The molecule has 2 aliphatic heterocycles. The van der Waals surface area contributed by atoms with Gasteiger partial charge in [0.05, 0.1) is 13.2 Å². The Hall–Kier alpha value is -1.55. The number of nitrogens with zero attached hydrogens (tertiary/aromatic N) is 1. The topological polar surface area (TPSA) is 41.6 Å². The highest BCUT2D eigenvalue weighted by Gasteiger charge is 2.35. The van der Waals surface area contributed by atoms with Crippen molar-refractivity contribution < 1.29 is 9.53 Å². The first kappa shape index (κ1) is 15.3. The number of amides is 1. The molecule has 4 heteroatoms. The van der Waals surface area contributed by atoms with E-state index in [4.69, 9.17) is 4.74 Å². The highest BCUT2D eigenvalue weighted by molar-refractivity contribution is 5.80. The van der Waals surface area contributed by atoms with Crippen LogP contribution in [0.25, 0.3) is 0 Å². The molecule has 3 rings (SSSR count). The molecule has 0 saturated carbocycles. The van der Waals surface area contributed by atoms with Gasteiger partial charge in [-0.05, 0) is 56.8 Å². The van der Waals surface area contributed by atoms with Crippen molar-refractivity contribution in [3.8, 4) is 5.75 Å². The summed E-state index contributed by atoms with van der Waals surface area (Å²) in [5.74, 6) is 1.40. The monoisotopic (exact) mass is 302 g/mol. The van der Waals surface area contributed by atoms with Crippen LogP contribution in [0.3, 0.4) is 0 Å². The summed E-state index contributed by atoms with van der Waals surface area (Å²) in [6, 6.07) is 8.82. The molecular formula is C18H26N2O2. The van der Waals surface area contributed by atoms with Crippen LogP contribution >= 0.6 is 0 Å². The van der Waals surface area contributed by atoms with Crippen LogP contribution in [0.15, 0.2) is 24.3 Å². The van der Waals surface area contributed by atoms with Gasteiger partial charge in [0.1, 0.15) is 5.75 Å². The van der Waals surface area contributed by atoms with Gasteiger partial charge in [-0.1, -0.05) is 12.1 Å². The average Bonchev–Trinajstić information content (AvgIpc) is 3.04. The van der Waals surface area contributed by atoms with E-state index < -0.39 is 0 Å². The lowest BCUT2D eigenvalue weighted by Crippen LogP contribution is -2.44. The van der Waals surface area contributed by atoms with Gasteiger partial charge in [-0.15, -0.1) is 0 Å². The fourth-order valence-corrected chi connectivity index (χ4v) is 3.82. The fourth-order valence-electron chi connectivity index (χ4n) is 3.82. The number of carbonyl (C=O) groups excluding carboxylic acids is 1. The summed E-state index contributed by atoms with van der Waals surface area (Å²) in [5.41, 5.74) is 1.20. The second kappa shape index (κ2) is 6.69. The Morgan fingerprint density at radius 1 is 1.36 bits per heavy atom. The number of rotatable bonds is 3. The highest BCUT2D eigenvalue weighted by Crippen LogP contribution is 2.35. The number of nitrogens with one attached hydrogen (secondary N) is 1. The Morgan fingerprint density at radius 2 is 2.23 bits per heavy atom. The molecule has 0 bridgehead atoms. The Bertz CT molecular complexity index is 532. The predicted molar refractivity (Wildman–Crippen MR) is 86.9 cm³/mol. The molecule has 2 saturated heterocycles. The molecular weight excluding hydrogens is 276 g/mol. The Balaban J connectivity index is 1.76. The maximum atomic E-state index is 13.0. The first-order valence-corrected chi connectivity index (χ1v) is 8.37. The van der Waals surface area contributed by atoms with Gasteiger partial charge in [-0.2, -0.15) is 0 Å². The molecule has 2 fully saturated rings. The predicted octanol–water partition coefficient (Wildman–Crippen LogP) is 2.75. The Kier molecular flexibility index (Phi) is 4.67. The van der Waals surface area contributed by atoms with Crippen LogP contribution < -0.4 is 10.1 Å². The molecule has 1 unspecified atom stereocenters. The second-order valence-electron chi connectivity index (χ2n) is 6.54. The van der Waals surface area contributed by atoms with E-state index in [0.717, 1.165) is 44.5 Å². The molecule has 0 spiro atoms. The average molecular weight is 302 g/mol. The summed E-state index contributed by atoms with van der Waals surface area (Å²) in [4.78, 5) is 15.1. The van der Waals surface area contributed by atoms with Crippen molar-refractivity contribution in [3.05, 3.63) is 29.8 Å². The van der Waals surface area contributed by atoms with Gasteiger partial charge < -0.3 is 15.0 Å². The number of hydrogen-bond donors (Lipinski definition) is 1. The van der Waals surface area contributed by atoms with Crippen LogP contribution in [0.4, 0.5) is 0 Å². The van der Waals surface area contributed by atoms with E-state index in [1.807, 2.05) is 12.1 Å². The number of piperidine rings is 1. The van der Waals surface area contributed by atoms with E-state index in [0.29, 0.717) is 11.9 Å².